The van der Waals surface area contributed by atoms with Crippen LogP contribution in [0.1, 0.15) is 17.1 Å². The Morgan fingerprint density at radius 3 is 2.56 bits per heavy atom. The van der Waals surface area contributed by atoms with Gasteiger partial charge in [-0.05, 0) is 19.9 Å². The summed E-state index contributed by atoms with van der Waals surface area (Å²) in [6.45, 7) is 4.04. The van der Waals surface area contributed by atoms with Gasteiger partial charge in [-0.1, -0.05) is 59.8 Å². The van der Waals surface area contributed by atoms with E-state index >= 15 is 0 Å². The molecule has 0 aliphatic carbocycles. The summed E-state index contributed by atoms with van der Waals surface area (Å²) in [5.41, 5.74) is 4.53. The quantitative estimate of drug-likeness (QED) is 0.346. The largest absolute Gasteiger partial charge is 0.240 e. The molecule has 2 aromatic carbocycles. The van der Waals surface area contributed by atoms with Crippen molar-refractivity contribution in [2.24, 2.45) is 0 Å². The average molecular weight is 364 g/mol. The minimum Gasteiger partial charge on any atom is -0.240 e. The van der Waals surface area contributed by atoms with Gasteiger partial charge in [0.25, 0.3) is 0 Å². The van der Waals surface area contributed by atoms with E-state index in [-0.39, 0.29) is 0 Å². The number of hydrogen-bond acceptors (Lipinski definition) is 5. The summed E-state index contributed by atoms with van der Waals surface area (Å²) in [6, 6.07) is 16.7. The molecule has 0 aliphatic rings. The van der Waals surface area contributed by atoms with Gasteiger partial charge in [0, 0.05) is 22.1 Å². The Bertz CT molecular complexity index is 1020. The molecule has 0 atom stereocenters. The molecule has 0 N–H and O–H groups in total. The van der Waals surface area contributed by atoms with Crippen LogP contribution in [0.4, 0.5) is 0 Å². The summed E-state index contributed by atoms with van der Waals surface area (Å²) in [6.07, 6.45) is 0. The molecule has 0 fully saturated rings. The van der Waals surface area contributed by atoms with E-state index in [9.17, 15) is 0 Å². The van der Waals surface area contributed by atoms with Crippen LogP contribution < -0.4 is 0 Å². The predicted molar refractivity (Wildman–Crippen MR) is 106 cm³/mol. The van der Waals surface area contributed by atoms with Crippen molar-refractivity contribution in [3.8, 4) is 10.6 Å². The van der Waals surface area contributed by atoms with Crippen molar-refractivity contribution in [3.63, 3.8) is 0 Å². The van der Waals surface area contributed by atoms with Crippen LogP contribution in [0.15, 0.2) is 58.9 Å². The fourth-order valence-corrected chi connectivity index (χ4v) is 4.50. The lowest BCUT2D eigenvalue weighted by molar-refractivity contribution is 1.01. The number of hydrogen-bond donors (Lipinski definition) is 0. The van der Waals surface area contributed by atoms with E-state index in [0.29, 0.717) is 0 Å². The molecule has 3 nitrogen and oxygen atoms in total. The van der Waals surface area contributed by atoms with Crippen LogP contribution in [-0.2, 0) is 5.75 Å². The number of fused-ring (bicyclic) bond motifs is 1. The molecular weight excluding hydrogens is 346 g/mol. The Kier molecular flexibility index (Phi) is 4.51. The molecule has 0 unspecified atom stereocenters. The van der Waals surface area contributed by atoms with Crippen molar-refractivity contribution in [2.45, 2.75) is 24.6 Å². The van der Waals surface area contributed by atoms with Gasteiger partial charge in [0.2, 0.25) is 0 Å². The fourth-order valence-electron chi connectivity index (χ4n) is 2.61. The van der Waals surface area contributed by atoms with Crippen LogP contribution in [0.3, 0.4) is 0 Å². The highest BCUT2D eigenvalue weighted by atomic mass is 32.2. The first kappa shape index (κ1) is 16.2. The number of rotatable bonds is 4. The normalized spacial score (nSPS) is 11.1. The van der Waals surface area contributed by atoms with Crippen molar-refractivity contribution >= 4 is 34.0 Å². The van der Waals surface area contributed by atoms with Gasteiger partial charge in [-0.2, -0.15) is 0 Å². The van der Waals surface area contributed by atoms with Crippen LogP contribution >= 0.6 is 23.1 Å². The molecule has 0 bridgehead atoms. The van der Waals surface area contributed by atoms with Crippen molar-refractivity contribution in [2.75, 3.05) is 0 Å². The maximum Gasteiger partial charge on any atom is 0.127 e. The van der Waals surface area contributed by atoms with Crippen LogP contribution in [0.2, 0.25) is 0 Å². The lowest BCUT2D eigenvalue weighted by atomic mass is 10.2. The summed E-state index contributed by atoms with van der Waals surface area (Å²) in [4.78, 5) is 13.9. The van der Waals surface area contributed by atoms with E-state index < -0.39 is 0 Å². The molecule has 0 saturated carbocycles. The highest BCUT2D eigenvalue weighted by molar-refractivity contribution is 7.98. The highest BCUT2D eigenvalue weighted by Gasteiger charge is 2.09. The van der Waals surface area contributed by atoms with Crippen molar-refractivity contribution in [1.29, 1.82) is 0 Å². The molecule has 2 heterocycles. The highest BCUT2D eigenvalue weighted by Crippen LogP contribution is 2.30. The van der Waals surface area contributed by atoms with Gasteiger partial charge in [0.1, 0.15) is 15.9 Å². The fraction of sp³-hybridized carbons (Fsp3) is 0.150. The lowest BCUT2D eigenvalue weighted by Crippen LogP contribution is -1.93. The maximum absolute atomic E-state index is 4.78. The third-order valence-electron chi connectivity index (χ3n) is 3.89. The van der Waals surface area contributed by atoms with Crippen LogP contribution in [0.5, 0.6) is 0 Å². The number of benzene rings is 2. The van der Waals surface area contributed by atoms with Gasteiger partial charge in [-0.3, -0.25) is 0 Å². The Balaban J connectivity index is 1.55. The molecule has 0 saturated heterocycles. The summed E-state index contributed by atoms with van der Waals surface area (Å²) in [7, 11) is 0. The number of thiazole rings is 1. The number of para-hydroxylation sites is 1. The number of aromatic nitrogens is 3. The molecule has 0 amide bonds. The van der Waals surface area contributed by atoms with Gasteiger partial charge in [-0.15, -0.1) is 11.3 Å². The SMILES string of the molecule is Cc1ccc(-c2nc(CSc3nc(C)nc4ccccc34)cs2)cc1. The van der Waals surface area contributed by atoms with Crippen LogP contribution in [0.25, 0.3) is 21.5 Å². The van der Waals surface area contributed by atoms with Crippen LogP contribution in [-0.4, -0.2) is 15.0 Å². The third kappa shape index (κ3) is 3.57. The molecule has 25 heavy (non-hydrogen) atoms. The number of thioether (sulfide) groups is 1. The first-order chi connectivity index (χ1) is 12.2. The predicted octanol–water partition coefficient (Wildman–Crippen LogP) is 5.66. The van der Waals surface area contributed by atoms with E-state index in [4.69, 9.17) is 4.98 Å². The monoisotopic (exact) mass is 363 g/mol. The molecular formula is C20H17N3S2. The summed E-state index contributed by atoms with van der Waals surface area (Å²) >= 11 is 3.41. The molecule has 0 radical (unpaired) electrons. The molecule has 5 heteroatoms. The Morgan fingerprint density at radius 2 is 1.72 bits per heavy atom. The molecule has 2 aromatic heterocycles. The average Bonchev–Trinajstić information content (AvgIpc) is 3.09. The first-order valence-corrected chi connectivity index (χ1v) is 9.93. The molecule has 4 aromatic rings. The zero-order valence-corrected chi connectivity index (χ0v) is 15.7. The minimum atomic E-state index is 0.805. The zero-order valence-electron chi connectivity index (χ0n) is 14.1. The minimum absolute atomic E-state index is 0.805. The summed E-state index contributed by atoms with van der Waals surface area (Å²) < 4.78 is 0. The molecule has 124 valence electrons. The van der Waals surface area contributed by atoms with E-state index in [0.717, 1.165) is 38.2 Å². The standard InChI is InChI=1S/C20H17N3S2/c1-13-7-9-15(10-8-13)19-23-16(11-24-19)12-25-20-17-5-3-4-6-18(17)21-14(2)22-20/h3-11H,12H2,1-2H3. The first-order valence-electron chi connectivity index (χ1n) is 8.07. The smallest absolute Gasteiger partial charge is 0.127 e. The van der Waals surface area contributed by atoms with Gasteiger partial charge in [0.15, 0.2) is 0 Å². The van der Waals surface area contributed by atoms with E-state index in [1.165, 1.54) is 11.1 Å². The maximum atomic E-state index is 4.78. The number of nitrogens with zero attached hydrogens (tertiary/aromatic N) is 3. The molecule has 4 rings (SSSR count). The summed E-state index contributed by atoms with van der Waals surface area (Å²) in [5.74, 6) is 1.61. The second-order valence-corrected chi connectivity index (χ2v) is 7.71. The van der Waals surface area contributed by atoms with Gasteiger partial charge < -0.3 is 0 Å². The lowest BCUT2D eigenvalue weighted by Gasteiger charge is -2.05. The Morgan fingerprint density at radius 1 is 0.920 bits per heavy atom. The third-order valence-corrected chi connectivity index (χ3v) is 5.85. The van der Waals surface area contributed by atoms with E-state index in [1.807, 2.05) is 25.1 Å². The van der Waals surface area contributed by atoms with Crippen molar-refractivity contribution < 1.29 is 0 Å². The number of aryl methyl sites for hydroxylation is 2. The van der Waals surface area contributed by atoms with Crippen molar-refractivity contribution in [3.05, 3.63) is 71.0 Å². The van der Waals surface area contributed by atoms with E-state index in [1.54, 1.807) is 23.1 Å². The topological polar surface area (TPSA) is 38.7 Å². The van der Waals surface area contributed by atoms with Crippen molar-refractivity contribution in [1.82, 2.24) is 15.0 Å². The van der Waals surface area contributed by atoms with Gasteiger partial charge >= 0.3 is 0 Å². The zero-order chi connectivity index (χ0) is 17.2. The van der Waals surface area contributed by atoms with Crippen LogP contribution in [0, 0.1) is 13.8 Å². The Hall–Kier alpha value is -2.24. The Labute approximate surface area is 155 Å². The molecule has 0 aliphatic heterocycles. The molecule has 0 spiro atoms. The van der Waals surface area contributed by atoms with E-state index in [2.05, 4.69) is 52.6 Å². The summed E-state index contributed by atoms with van der Waals surface area (Å²) in [5, 5.41) is 5.33. The van der Waals surface area contributed by atoms with Gasteiger partial charge in [-0.25, -0.2) is 15.0 Å². The second kappa shape index (κ2) is 6.94. The second-order valence-electron chi connectivity index (χ2n) is 5.89. The van der Waals surface area contributed by atoms with Gasteiger partial charge in [0.05, 0.1) is 11.2 Å².